The fraction of sp³-hybridized carbons (Fsp3) is 0.321. The number of aryl methyl sites for hydroxylation is 1. The molecule has 4 rings (SSSR count). The molecule has 0 spiro atoms. The van der Waals surface area contributed by atoms with E-state index in [2.05, 4.69) is 22.3 Å². The van der Waals surface area contributed by atoms with E-state index < -0.39 is 22.5 Å². The Hall–Kier alpha value is -3.23. The van der Waals surface area contributed by atoms with Crippen LogP contribution >= 0.6 is 11.6 Å². The van der Waals surface area contributed by atoms with Crippen molar-refractivity contribution >= 4 is 38.9 Å². The first-order chi connectivity index (χ1) is 17.8. The molecule has 0 aromatic heterocycles. The molecule has 3 aromatic rings. The Kier molecular flexibility index (Phi) is 8.61. The zero-order valence-corrected chi connectivity index (χ0v) is 22.7. The van der Waals surface area contributed by atoms with Crippen LogP contribution < -0.4 is 19.3 Å². The van der Waals surface area contributed by atoms with Crippen LogP contribution in [0.3, 0.4) is 0 Å². The number of sulfonamides is 1. The Morgan fingerprint density at radius 2 is 1.68 bits per heavy atom. The highest BCUT2D eigenvalue weighted by molar-refractivity contribution is 7.92. The van der Waals surface area contributed by atoms with Crippen LogP contribution in [-0.2, 0) is 21.4 Å². The first-order valence-electron chi connectivity index (χ1n) is 12.3. The molecule has 196 valence electrons. The zero-order chi connectivity index (χ0) is 26.4. The number of nitrogens with zero attached hydrogens (tertiary/aromatic N) is 2. The first kappa shape index (κ1) is 26.8. The Morgan fingerprint density at radius 3 is 2.30 bits per heavy atom. The minimum absolute atomic E-state index is 0.0890. The monoisotopic (exact) mass is 541 g/mol. The van der Waals surface area contributed by atoms with Crippen molar-refractivity contribution in [3.8, 4) is 5.75 Å². The SMILES string of the molecule is COc1ccc(N(CC(=O)NCc2ccc(N3CCCCC3)cc2)S(=O)(=O)c2ccc(C)cc2)cc1Cl. The molecule has 1 aliphatic heterocycles. The number of hydrogen-bond donors (Lipinski definition) is 1. The lowest BCUT2D eigenvalue weighted by Crippen LogP contribution is -2.40. The highest BCUT2D eigenvalue weighted by Gasteiger charge is 2.28. The summed E-state index contributed by atoms with van der Waals surface area (Å²) in [6.45, 7) is 3.91. The van der Waals surface area contributed by atoms with E-state index in [9.17, 15) is 13.2 Å². The number of piperidine rings is 1. The maximum absolute atomic E-state index is 13.6. The molecule has 0 radical (unpaired) electrons. The molecule has 0 saturated carbocycles. The fourth-order valence-electron chi connectivity index (χ4n) is 4.33. The van der Waals surface area contributed by atoms with Gasteiger partial charge in [-0.2, -0.15) is 0 Å². The number of carbonyl (C=O) groups is 1. The number of amides is 1. The van der Waals surface area contributed by atoms with Crippen LogP contribution in [0, 0.1) is 6.92 Å². The van der Waals surface area contributed by atoms with Crippen molar-refractivity contribution in [2.24, 2.45) is 0 Å². The second-order valence-corrected chi connectivity index (χ2v) is 11.4. The Bertz CT molecular complexity index is 1320. The van der Waals surface area contributed by atoms with Crippen LogP contribution in [0.2, 0.25) is 5.02 Å². The third-order valence-electron chi connectivity index (χ3n) is 6.47. The molecule has 1 heterocycles. The molecule has 0 unspecified atom stereocenters. The molecule has 3 aromatic carbocycles. The normalized spacial score (nSPS) is 13.8. The van der Waals surface area contributed by atoms with Gasteiger partial charge >= 0.3 is 0 Å². The minimum atomic E-state index is -4.04. The molecule has 37 heavy (non-hydrogen) atoms. The van der Waals surface area contributed by atoms with Crippen LogP contribution in [0.5, 0.6) is 5.75 Å². The number of rotatable bonds is 9. The summed E-state index contributed by atoms with van der Waals surface area (Å²) in [6.07, 6.45) is 3.69. The number of anilines is 2. The molecule has 7 nitrogen and oxygen atoms in total. The van der Waals surface area contributed by atoms with E-state index >= 15 is 0 Å². The highest BCUT2D eigenvalue weighted by Crippen LogP contribution is 2.32. The number of methoxy groups -OCH3 is 1. The first-order valence-corrected chi connectivity index (χ1v) is 14.1. The predicted octanol–water partition coefficient (Wildman–Crippen LogP) is 5.16. The maximum Gasteiger partial charge on any atom is 0.264 e. The van der Waals surface area contributed by atoms with E-state index in [0.29, 0.717) is 12.3 Å². The van der Waals surface area contributed by atoms with Crippen LogP contribution in [0.4, 0.5) is 11.4 Å². The van der Waals surface area contributed by atoms with Crippen molar-refractivity contribution in [3.63, 3.8) is 0 Å². The van der Waals surface area contributed by atoms with Crippen LogP contribution in [0.15, 0.2) is 71.6 Å². The summed E-state index contributed by atoms with van der Waals surface area (Å²) in [5.41, 5.74) is 3.32. The quantitative estimate of drug-likeness (QED) is 0.405. The predicted molar refractivity (Wildman–Crippen MR) is 148 cm³/mol. The zero-order valence-electron chi connectivity index (χ0n) is 21.1. The summed E-state index contributed by atoms with van der Waals surface area (Å²) in [4.78, 5) is 15.4. The van der Waals surface area contributed by atoms with Gasteiger partial charge in [0.25, 0.3) is 10.0 Å². The average molecular weight is 542 g/mol. The summed E-state index contributed by atoms with van der Waals surface area (Å²) < 4.78 is 33.4. The van der Waals surface area contributed by atoms with Gasteiger partial charge in [-0.3, -0.25) is 9.10 Å². The van der Waals surface area contributed by atoms with Crippen molar-refractivity contribution < 1.29 is 17.9 Å². The Morgan fingerprint density at radius 1 is 1.00 bits per heavy atom. The summed E-state index contributed by atoms with van der Waals surface area (Å²) in [5, 5.41) is 3.10. The van der Waals surface area contributed by atoms with E-state index in [0.717, 1.165) is 28.5 Å². The van der Waals surface area contributed by atoms with Gasteiger partial charge in [-0.1, -0.05) is 41.4 Å². The second-order valence-electron chi connectivity index (χ2n) is 9.13. The molecule has 9 heteroatoms. The van der Waals surface area contributed by atoms with Gasteiger partial charge in [0.15, 0.2) is 0 Å². The lowest BCUT2D eigenvalue weighted by atomic mass is 10.1. The molecule has 1 N–H and O–H groups in total. The average Bonchev–Trinajstić information content (AvgIpc) is 2.91. The molecule has 0 bridgehead atoms. The van der Waals surface area contributed by atoms with Gasteiger partial charge in [-0.25, -0.2) is 8.42 Å². The van der Waals surface area contributed by atoms with Crippen molar-refractivity contribution in [1.82, 2.24) is 5.32 Å². The van der Waals surface area contributed by atoms with E-state index in [1.165, 1.54) is 50.3 Å². The Balaban J connectivity index is 1.50. The molecule has 1 saturated heterocycles. The molecule has 0 atom stereocenters. The van der Waals surface area contributed by atoms with Gasteiger partial charge in [0.05, 0.1) is 22.7 Å². The fourth-order valence-corrected chi connectivity index (χ4v) is 5.99. The van der Waals surface area contributed by atoms with Gasteiger partial charge in [-0.15, -0.1) is 0 Å². The van der Waals surface area contributed by atoms with Gasteiger partial charge < -0.3 is 15.0 Å². The molecule has 1 amide bonds. The molecular formula is C28H32ClN3O4S. The minimum Gasteiger partial charge on any atom is -0.495 e. The van der Waals surface area contributed by atoms with Gasteiger partial charge in [0.2, 0.25) is 5.91 Å². The number of ether oxygens (including phenoxy) is 1. The summed E-state index contributed by atoms with van der Waals surface area (Å²) in [5.74, 6) is -0.0155. The number of hydrogen-bond acceptors (Lipinski definition) is 5. The third kappa shape index (κ3) is 6.56. The van der Waals surface area contributed by atoms with Crippen LogP contribution in [0.1, 0.15) is 30.4 Å². The van der Waals surface area contributed by atoms with Gasteiger partial charge in [-0.05, 0) is 74.2 Å². The third-order valence-corrected chi connectivity index (χ3v) is 8.55. The molecule has 1 aliphatic rings. The molecular weight excluding hydrogens is 510 g/mol. The lowest BCUT2D eigenvalue weighted by molar-refractivity contribution is -0.119. The van der Waals surface area contributed by atoms with E-state index in [1.807, 2.05) is 19.1 Å². The number of halogens is 1. The maximum atomic E-state index is 13.6. The largest absolute Gasteiger partial charge is 0.495 e. The lowest BCUT2D eigenvalue weighted by Gasteiger charge is -2.28. The molecule has 0 aliphatic carbocycles. The van der Waals surface area contributed by atoms with Gasteiger partial charge in [0, 0.05) is 25.3 Å². The summed E-state index contributed by atoms with van der Waals surface area (Å²) >= 11 is 6.29. The van der Waals surface area contributed by atoms with E-state index in [4.69, 9.17) is 16.3 Å². The van der Waals surface area contributed by atoms with Crippen molar-refractivity contribution in [2.75, 3.05) is 35.9 Å². The Labute approximate surface area is 224 Å². The smallest absolute Gasteiger partial charge is 0.264 e. The van der Waals surface area contributed by atoms with Crippen molar-refractivity contribution in [2.45, 2.75) is 37.6 Å². The number of carbonyl (C=O) groups excluding carboxylic acids is 1. The van der Waals surface area contributed by atoms with Crippen molar-refractivity contribution in [1.29, 1.82) is 0 Å². The van der Waals surface area contributed by atoms with E-state index in [-0.39, 0.29) is 15.6 Å². The number of nitrogens with one attached hydrogen (secondary N) is 1. The topological polar surface area (TPSA) is 79.0 Å². The van der Waals surface area contributed by atoms with Crippen molar-refractivity contribution in [3.05, 3.63) is 82.9 Å². The molecule has 1 fully saturated rings. The van der Waals surface area contributed by atoms with E-state index in [1.54, 1.807) is 24.3 Å². The highest BCUT2D eigenvalue weighted by atomic mass is 35.5. The standard InChI is InChI=1S/C28H32ClN3O4S/c1-21-6-13-25(14-7-21)37(34,35)32(24-12-15-27(36-2)26(29)18-24)20-28(33)30-19-22-8-10-23(11-9-22)31-16-4-3-5-17-31/h6-15,18H,3-5,16-17,19-20H2,1-2H3,(H,30,33). The van der Waals surface area contributed by atoms with Crippen LogP contribution in [0.25, 0.3) is 0 Å². The summed E-state index contributed by atoms with van der Waals surface area (Å²) in [7, 11) is -2.56. The number of benzene rings is 3. The summed E-state index contributed by atoms with van der Waals surface area (Å²) in [6, 6.07) is 19.3. The van der Waals surface area contributed by atoms with Crippen LogP contribution in [-0.4, -0.2) is 41.1 Å². The second kappa shape index (κ2) is 11.9. The van der Waals surface area contributed by atoms with Gasteiger partial charge in [0.1, 0.15) is 12.3 Å².